The van der Waals surface area contributed by atoms with Crippen LogP contribution in [0.4, 0.5) is 0 Å². The molecule has 0 radical (unpaired) electrons. The molecule has 7 atom stereocenters. The van der Waals surface area contributed by atoms with Crippen LogP contribution in [0.1, 0.15) is 126 Å². The van der Waals surface area contributed by atoms with Crippen molar-refractivity contribution in [1.82, 2.24) is 52.6 Å². The lowest BCUT2D eigenvalue weighted by atomic mass is 10.1. The monoisotopic (exact) mass is 1200 g/mol. The van der Waals surface area contributed by atoms with E-state index in [1.807, 2.05) is 0 Å². The van der Waals surface area contributed by atoms with Crippen LogP contribution in [-0.2, 0) is 52.7 Å². The van der Waals surface area contributed by atoms with Crippen molar-refractivity contribution in [3.05, 3.63) is 29.8 Å². The number of nitrogens with two attached hydrogens (primary N) is 1. The Bertz CT molecular complexity index is 2230. The Hall–Kier alpha value is -7.03. The first-order chi connectivity index (χ1) is 39.6. The van der Waals surface area contributed by atoms with Crippen molar-refractivity contribution in [3.8, 4) is 5.75 Å². The molecule has 1 rings (SSSR count). The topological polar surface area (TPSA) is 482 Å². The molecule has 31 heteroatoms. The fourth-order valence-electron chi connectivity index (χ4n) is 7.63. The number of benzene rings is 1. The highest BCUT2D eigenvalue weighted by molar-refractivity contribution is 7.78. The number of thiol groups is 1. The molecule has 1 aromatic carbocycles. The number of aliphatic hydroxyl groups excluding tert-OH is 4. The van der Waals surface area contributed by atoms with Crippen LogP contribution in [0, 0.1) is 0 Å². The van der Waals surface area contributed by atoms with E-state index in [9.17, 15) is 83.1 Å². The summed E-state index contributed by atoms with van der Waals surface area (Å²) in [6, 6.07) is -3.25. The fourth-order valence-corrected chi connectivity index (χ4v) is 7.94. The Kier molecular flexibility index (Phi) is 38.9. The summed E-state index contributed by atoms with van der Waals surface area (Å²) in [5.74, 6) is -9.83. The predicted molar refractivity (Wildman–Crippen MR) is 300 cm³/mol. The molecule has 2 unspecified atom stereocenters. The zero-order valence-electron chi connectivity index (χ0n) is 46.8. The average molecular weight is 1200 g/mol. The second-order valence-corrected chi connectivity index (χ2v) is 19.6. The van der Waals surface area contributed by atoms with Gasteiger partial charge in [-0.25, -0.2) is 9.59 Å². The number of nitrogens with one attached hydrogen (secondary N) is 10. The van der Waals surface area contributed by atoms with Crippen LogP contribution in [0.5, 0.6) is 5.75 Å². The minimum Gasteiger partial charge on any atom is -0.494 e. The standard InChI is InChI=1S/C52H85N11O19S/c1-32(68)36(63-83)15-10-12-24-55-46(73)35(53)14-9-11-23-54-44(71)26-56-47(74)38(28-64)62-50(77)41(31-67)60-45(72)27-57-48(75)39(29-65)61-49(76)40(30-66)59-43(70)22-21-37(52(80)81)58-42(69)16-8-6-4-2-3-5-7-13-25-82-34-19-17-33(18-20-34)51(78)79/h17-20,35-41,63-67,83H,2-16,21-31,53H2,1H3,(H,54,71)(H,55,73)(H,56,74)(H,57,75)(H,58,69)(H,59,70)(H,60,72)(H,61,76)(H,62,77)(H,78,79)(H,80,81)/t35?,36-,37?,38-,39-,40-,41-/m0/s1. The van der Waals surface area contributed by atoms with Gasteiger partial charge in [0.15, 0.2) is 0 Å². The van der Waals surface area contributed by atoms with Gasteiger partial charge in [0.1, 0.15) is 41.7 Å². The van der Waals surface area contributed by atoms with Crippen molar-refractivity contribution in [2.75, 3.05) is 59.2 Å². The Balaban J connectivity index is 2.40. The van der Waals surface area contributed by atoms with Crippen LogP contribution in [0.2, 0.25) is 0 Å². The molecule has 0 aliphatic heterocycles. The summed E-state index contributed by atoms with van der Waals surface area (Å²) in [4.78, 5) is 148. The number of aromatic carboxylic acids is 1. The Labute approximate surface area is 486 Å². The summed E-state index contributed by atoms with van der Waals surface area (Å²) in [5.41, 5.74) is 6.13. The number of ketones is 1. The largest absolute Gasteiger partial charge is 0.494 e. The predicted octanol–water partition coefficient (Wildman–Crippen LogP) is -3.94. The maximum atomic E-state index is 12.9. The van der Waals surface area contributed by atoms with Gasteiger partial charge in [0.25, 0.3) is 0 Å². The van der Waals surface area contributed by atoms with E-state index in [-0.39, 0.29) is 42.7 Å². The highest BCUT2D eigenvalue weighted by atomic mass is 32.1. The number of carbonyl (C=O) groups is 12. The van der Waals surface area contributed by atoms with E-state index in [0.29, 0.717) is 63.8 Å². The maximum absolute atomic E-state index is 12.9. The molecule has 83 heavy (non-hydrogen) atoms. The van der Waals surface area contributed by atoms with Gasteiger partial charge in [-0.05, 0) is 89.0 Å². The second-order valence-electron chi connectivity index (χ2n) is 19.3. The molecule has 0 fully saturated rings. The summed E-state index contributed by atoms with van der Waals surface area (Å²) in [7, 11) is 0. The van der Waals surface area contributed by atoms with Gasteiger partial charge >= 0.3 is 11.9 Å². The number of ether oxygens (including phenoxy) is 1. The molecule has 18 N–H and O–H groups in total. The molecule has 468 valence electrons. The van der Waals surface area contributed by atoms with Gasteiger partial charge in [-0.2, -0.15) is 0 Å². The van der Waals surface area contributed by atoms with Crippen molar-refractivity contribution in [2.24, 2.45) is 5.73 Å². The van der Waals surface area contributed by atoms with Crippen LogP contribution in [0.25, 0.3) is 0 Å². The summed E-state index contributed by atoms with van der Waals surface area (Å²) in [6.07, 6.45) is 9.09. The minimum absolute atomic E-state index is 0.0347. The average Bonchev–Trinajstić information content (AvgIpc) is 3.48. The summed E-state index contributed by atoms with van der Waals surface area (Å²) in [5, 5.41) is 78.2. The summed E-state index contributed by atoms with van der Waals surface area (Å²) >= 11 is 3.93. The van der Waals surface area contributed by atoms with Crippen molar-refractivity contribution in [1.29, 1.82) is 0 Å². The Morgan fingerprint density at radius 2 is 0.928 bits per heavy atom. The first-order valence-electron chi connectivity index (χ1n) is 27.5. The number of aliphatic carboxylic acids is 1. The number of carbonyl (C=O) groups excluding carboxylic acids is 10. The zero-order valence-corrected chi connectivity index (χ0v) is 47.6. The van der Waals surface area contributed by atoms with Crippen LogP contribution < -0.4 is 63.0 Å². The Morgan fingerprint density at radius 3 is 1.43 bits per heavy atom. The second kappa shape index (κ2) is 43.6. The van der Waals surface area contributed by atoms with Gasteiger partial charge in [0.05, 0.1) is 63.8 Å². The van der Waals surface area contributed by atoms with Crippen LogP contribution in [-0.4, -0.2) is 203 Å². The molecule has 30 nitrogen and oxygen atoms in total. The van der Waals surface area contributed by atoms with E-state index in [1.54, 1.807) is 12.1 Å². The van der Waals surface area contributed by atoms with Gasteiger partial charge in [0, 0.05) is 25.9 Å². The van der Waals surface area contributed by atoms with Crippen LogP contribution >= 0.6 is 12.8 Å². The quantitative estimate of drug-likeness (QED) is 0.0219. The number of hydrogen-bond donors (Lipinski definition) is 18. The maximum Gasteiger partial charge on any atom is 0.335 e. The molecule has 0 aliphatic rings. The van der Waals surface area contributed by atoms with E-state index >= 15 is 0 Å². The molecular formula is C52H85N11O19S. The molecule has 0 aliphatic carbocycles. The number of Topliss-reactive ketones (excluding diaryl/α,β-unsaturated/α-hetero) is 1. The van der Waals surface area contributed by atoms with Crippen molar-refractivity contribution in [3.63, 3.8) is 0 Å². The van der Waals surface area contributed by atoms with Crippen LogP contribution in [0.15, 0.2) is 24.3 Å². The van der Waals surface area contributed by atoms with E-state index in [0.717, 1.165) is 44.9 Å². The number of hydrogen-bond acceptors (Lipinski definition) is 20. The van der Waals surface area contributed by atoms with Crippen molar-refractivity contribution < 1.29 is 92.9 Å². The van der Waals surface area contributed by atoms with Gasteiger partial charge in [-0.1, -0.05) is 51.3 Å². The molecule has 0 heterocycles. The number of aliphatic hydroxyl groups is 4. The first kappa shape index (κ1) is 74.0. The third-order valence-electron chi connectivity index (χ3n) is 12.6. The minimum atomic E-state index is -1.76. The van der Waals surface area contributed by atoms with Gasteiger partial charge in [-0.3, -0.25) is 52.7 Å². The smallest absolute Gasteiger partial charge is 0.335 e. The molecule has 0 saturated carbocycles. The first-order valence-corrected chi connectivity index (χ1v) is 27.9. The molecule has 0 bridgehead atoms. The van der Waals surface area contributed by atoms with Crippen molar-refractivity contribution in [2.45, 2.75) is 158 Å². The molecule has 9 amide bonds. The Morgan fingerprint density at radius 1 is 0.470 bits per heavy atom. The zero-order chi connectivity index (χ0) is 62.1. The van der Waals surface area contributed by atoms with Gasteiger partial charge in [0.2, 0.25) is 53.2 Å². The number of rotatable bonds is 47. The van der Waals surface area contributed by atoms with Gasteiger partial charge in [-0.15, -0.1) is 0 Å². The number of unbranched alkanes of at least 4 members (excludes halogenated alkanes) is 9. The van der Waals surface area contributed by atoms with E-state index < -0.39 is 141 Å². The lowest BCUT2D eigenvalue weighted by Gasteiger charge is -2.22. The molecule has 0 spiro atoms. The molecule has 0 saturated heterocycles. The third-order valence-corrected chi connectivity index (χ3v) is 12.9. The normalized spacial score (nSPS) is 13.4. The lowest BCUT2D eigenvalue weighted by Crippen LogP contribution is -2.58. The van der Waals surface area contributed by atoms with Crippen molar-refractivity contribution >= 4 is 83.7 Å². The SMILES string of the molecule is CC(=O)[C@H](CCCCNC(=O)C(N)CCCCNC(=O)CNC(=O)[C@H](CO)NC(=O)[C@H](CO)NC(=O)CNC(=O)[C@H](CO)NC(=O)[C@H](CO)NC(=O)CCC(NC(=O)CCCCCCCCCCOc1ccc(C(=O)O)cc1)C(=O)O)NS. The number of carboxylic acid groups (broad SMARTS) is 2. The highest BCUT2D eigenvalue weighted by Crippen LogP contribution is 2.15. The molecular weight excluding hydrogens is 1110 g/mol. The molecule has 1 aromatic rings. The van der Waals surface area contributed by atoms with E-state index in [4.69, 9.17) is 15.6 Å². The number of amides is 9. The van der Waals surface area contributed by atoms with E-state index in [1.165, 1.54) is 19.1 Å². The fraction of sp³-hybridized carbons (Fsp3) is 0.654. The van der Waals surface area contributed by atoms with E-state index in [2.05, 4.69) is 65.4 Å². The molecule has 0 aromatic heterocycles. The highest BCUT2D eigenvalue weighted by Gasteiger charge is 2.30. The third kappa shape index (κ3) is 33.0. The number of carboxylic acids is 2. The summed E-state index contributed by atoms with van der Waals surface area (Å²) in [6.45, 7) is -2.98. The van der Waals surface area contributed by atoms with Crippen LogP contribution in [0.3, 0.4) is 0 Å². The van der Waals surface area contributed by atoms with Gasteiger partial charge < -0.3 is 89.0 Å². The lowest BCUT2D eigenvalue weighted by molar-refractivity contribution is -0.142. The summed E-state index contributed by atoms with van der Waals surface area (Å²) < 4.78 is 8.26.